The van der Waals surface area contributed by atoms with Gasteiger partial charge in [-0.25, -0.2) is 4.98 Å². The Morgan fingerprint density at radius 3 is 2.50 bits per heavy atom. The maximum atomic E-state index is 10.2. The number of aliphatic hydroxyl groups is 1. The first kappa shape index (κ1) is 17.2. The molecule has 1 fully saturated rings. The van der Waals surface area contributed by atoms with Gasteiger partial charge in [-0.1, -0.05) is 22.0 Å². The molecule has 0 unspecified atom stereocenters. The van der Waals surface area contributed by atoms with Crippen molar-refractivity contribution in [2.24, 2.45) is 0 Å². The van der Waals surface area contributed by atoms with Gasteiger partial charge in [-0.2, -0.15) is 0 Å². The van der Waals surface area contributed by atoms with Crippen molar-refractivity contribution in [3.63, 3.8) is 0 Å². The van der Waals surface area contributed by atoms with Gasteiger partial charge in [0, 0.05) is 43.4 Å². The van der Waals surface area contributed by atoms with Gasteiger partial charge in [0.2, 0.25) is 0 Å². The highest BCUT2D eigenvalue weighted by molar-refractivity contribution is 9.10. The Hall–Kier alpha value is -1.63. The highest BCUT2D eigenvalue weighted by atomic mass is 79.9. The molecule has 0 bridgehead atoms. The number of β-amino-alcohol motifs (C(OH)–C–C–N with tert-alkyl or cyclic N) is 1. The normalized spacial score (nSPS) is 16.8. The predicted octanol–water partition coefficient (Wildman–Crippen LogP) is 2.41. The molecule has 2 aromatic rings. The van der Waals surface area contributed by atoms with E-state index in [2.05, 4.69) is 30.7 Å². The van der Waals surface area contributed by atoms with Crippen LogP contribution in [-0.2, 0) is 0 Å². The summed E-state index contributed by atoms with van der Waals surface area (Å²) >= 11 is 3.39. The molecule has 128 valence electrons. The largest absolute Gasteiger partial charge is 0.491 e. The number of piperazine rings is 1. The van der Waals surface area contributed by atoms with Crippen molar-refractivity contribution in [2.45, 2.75) is 6.10 Å². The topological polar surface area (TPSA) is 48.8 Å². The van der Waals surface area contributed by atoms with E-state index in [0.29, 0.717) is 13.2 Å². The smallest absolute Gasteiger partial charge is 0.128 e. The maximum absolute atomic E-state index is 10.2. The van der Waals surface area contributed by atoms with Gasteiger partial charge in [-0.3, -0.25) is 4.90 Å². The minimum Gasteiger partial charge on any atom is -0.491 e. The van der Waals surface area contributed by atoms with E-state index in [4.69, 9.17) is 4.74 Å². The summed E-state index contributed by atoms with van der Waals surface area (Å²) < 4.78 is 6.65. The Morgan fingerprint density at radius 2 is 1.83 bits per heavy atom. The van der Waals surface area contributed by atoms with Gasteiger partial charge in [-0.15, -0.1) is 0 Å². The van der Waals surface area contributed by atoms with E-state index in [-0.39, 0.29) is 0 Å². The van der Waals surface area contributed by atoms with Gasteiger partial charge < -0.3 is 14.7 Å². The van der Waals surface area contributed by atoms with Gasteiger partial charge in [0.1, 0.15) is 24.3 Å². The number of pyridine rings is 1. The first-order chi connectivity index (χ1) is 11.7. The van der Waals surface area contributed by atoms with Crippen LogP contribution in [-0.4, -0.2) is 60.4 Å². The summed E-state index contributed by atoms with van der Waals surface area (Å²) in [6.07, 6.45) is 1.33. The van der Waals surface area contributed by atoms with Crippen molar-refractivity contribution >= 4 is 21.7 Å². The number of nitrogens with zero attached hydrogens (tertiary/aromatic N) is 3. The maximum Gasteiger partial charge on any atom is 0.128 e. The molecule has 1 aromatic carbocycles. The van der Waals surface area contributed by atoms with Crippen LogP contribution in [0.5, 0.6) is 5.75 Å². The molecule has 6 heteroatoms. The van der Waals surface area contributed by atoms with Crippen molar-refractivity contribution in [1.82, 2.24) is 9.88 Å². The number of halogens is 1. The predicted molar refractivity (Wildman–Crippen MR) is 98.5 cm³/mol. The fourth-order valence-electron chi connectivity index (χ4n) is 2.77. The molecule has 1 aromatic heterocycles. The van der Waals surface area contributed by atoms with Crippen molar-refractivity contribution < 1.29 is 9.84 Å². The SMILES string of the molecule is O[C@H](COc1ccc(Br)cc1)CN1CCN(c2ccccn2)CC1. The average Bonchev–Trinajstić information content (AvgIpc) is 2.63. The second-order valence-electron chi connectivity index (χ2n) is 5.89. The van der Waals surface area contributed by atoms with Gasteiger partial charge in [0.25, 0.3) is 0 Å². The molecule has 0 aliphatic carbocycles. The van der Waals surface area contributed by atoms with Crippen LogP contribution >= 0.6 is 15.9 Å². The van der Waals surface area contributed by atoms with E-state index in [1.807, 2.05) is 48.7 Å². The van der Waals surface area contributed by atoms with Crippen LogP contribution in [0.25, 0.3) is 0 Å². The van der Waals surface area contributed by atoms with Crippen LogP contribution in [0.15, 0.2) is 53.1 Å². The summed E-state index contributed by atoms with van der Waals surface area (Å²) in [6, 6.07) is 13.6. The molecule has 1 atom stereocenters. The van der Waals surface area contributed by atoms with E-state index in [9.17, 15) is 5.11 Å². The van der Waals surface area contributed by atoms with Crippen LogP contribution in [0, 0.1) is 0 Å². The Balaban J connectivity index is 1.40. The number of aromatic nitrogens is 1. The molecule has 1 aliphatic rings. The Labute approximate surface area is 151 Å². The molecule has 1 N–H and O–H groups in total. The number of ether oxygens (including phenoxy) is 1. The fraction of sp³-hybridized carbons (Fsp3) is 0.389. The summed E-state index contributed by atoms with van der Waals surface area (Å²) in [4.78, 5) is 8.94. The highest BCUT2D eigenvalue weighted by Crippen LogP contribution is 2.16. The first-order valence-corrected chi connectivity index (χ1v) is 8.95. The van der Waals surface area contributed by atoms with Crippen molar-refractivity contribution in [1.29, 1.82) is 0 Å². The van der Waals surface area contributed by atoms with E-state index in [0.717, 1.165) is 42.2 Å². The lowest BCUT2D eigenvalue weighted by atomic mass is 10.2. The number of benzene rings is 1. The number of hydrogen-bond acceptors (Lipinski definition) is 5. The third-order valence-corrected chi connectivity index (χ3v) is 4.60. The molecule has 5 nitrogen and oxygen atoms in total. The summed E-state index contributed by atoms with van der Waals surface area (Å²) in [6.45, 7) is 4.64. The fourth-order valence-corrected chi connectivity index (χ4v) is 3.04. The van der Waals surface area contributed by atoms with Crippen LogP contribution < -0.4 is 9.64 Å². The highest BCUT2D eigenvalue weighted by Gasteiger charge is 2.20. The lowest BCUT2D eigenvalue weighted by molar-refractivity contribution is 0.0662. The molecular formula is C18H22BrN3O2. The molecule has 0 radical (unpaired) electrons. The third kappa shape index (κ3) is 4.93. The Bertz CT molecular complexity index is 616. The van der Waals surface area contributed by atoms with Crippen LogP contribution in [0.4, 0.5) is 5.82 Å². The van der Waals surface area contributed by atoms with Gasteiger partial charge in [-0.05, 0) is 36.4 Å². The second kappa shape index (κ2) is 8.46. The van der Waals surface area contributed by atoms with Crippen LogP contribution in [0.2, 0.25) is 0 Å². The molecule has 0 saturated carbocycles. The van der Waals surface area contributed by atoms with Crippen molar-refractivity contribution in [3.8, 4) is 5.75 Å². The first-order valence-electron chi connectivity index (χ1n) is 8.15. The molecule has 24 heavy (non-hydrogen) atoms. The molecule has 0 spiro atoms. The Kier molecular flexibility index (Phi) is 6.07. The van der Waals surface area contributed by atoms with E-state index in [1.54, 1.807) is 0 Å². The number of anilines is 1. The lowest BCUT2D eigenvalue weighted by Crippen LogP contribution is -2.49. The molecule has 2 heterocycles. The average molecular weight is 392 g/mol. The third-order valence-electron chi connectivity index (χ3n) is 4.07. The second-order valence-corrected chi connectivity index (χ2v) is 6.81. The zero-order chi connectivity index (χ0) is 16.8. The van der Waals surface area contributed by atoms with Crippen LogP contribution in [0.1, 0.15) is 0 Å². The molecule has 1 saturated heterocycles. The van der Waals surface area contributed by atoms with Gasteiger partial charge >= 0.3 is 0 Å². The number of hydrogen-bond donors (Lipinski definition) is 1. The summed E-state index contributed by atoms with van der Waals surface area (Å²) in [7, 11) is 0. The molecular weight excluding hydrogens is 370 g/mol. The van der Waals surface area contributed by atoms with E-state index >= 15 is 0 Å². The summed E-state index contributed by atoms with van der Waals surface area (Å²) in [5, 5.41) is 10.2. The van der Waals surface area contributed by atoms with Crippen molar-refractivity contribution in [2.75, 3.05) is 44.2 Å². The zero-order valence-corrected chi connectivity index (χ0v) is 15.1. The quantitative estimate of drug-likeness (QED) is 0.818. The molecule has 3 rings (SSSR count). The summed E-state index contributed by atoms with van der Waals surface area (Å²) in [5.41, 5.74) is 0. The summed E-state index contributed by atoms with van der Waals surface area (Å²) in [5.74, 6) is 1.80. The van der Waals surface area contributed by atoms with Crippen LogP contribution in [0.3, 0.4) is 0 Å². The minimum atomic E-state index is -0.491. The lowest BCUT2D eigenvalue weighted by Gasteiger charge is -2.36. The minimum absolute atomic E-state index is 0.308. The molecule has 0 amide bonds. The van der Waals surface area contributed by atoms with Crippen molar-refractivity contribution in [3.05, 3.63) is 53.1 Å². The monoisotopic (exact) mass is 391 g/mol. The van der Waals surface area contributed by atoms with E-state index in [1.165, 1.54) is 0 Å². The number of rotatable bonds is 6. The van der Waals surface area contributed by atoms with Gasteiger partial charge in [0.05, 0.1) is 0 Å². The standard InChI is InChI=1S/C18H22BrN3O2/c19-15-4-6-17(7-5-15)24-14-16(23)13-21-9-11-22(12-10-21)18-3-1-2-8-20-18/h1-8,16,23H,9-14H2/t16-/m0/s1. The number of aliphatic hydroxyl groups excluding tert-OH is 1. The molecule has 1 aliphatic heterocycles. The van der Waals surface area contributed by atoms with E-state index < -0.39 is 6.10 Å². The Morgan fingerprint density at radius 1 is 1.08 bits per heavy atom. The van der Waals surface area contributed by atoms with Gasteiger partial charge in [0.15, 0.2) is 0 Å². The zero-order valence-electron chi connectivity index (χ0n) is 13.5.